The van der Waals surface area contributed by atoms with Gasteiger partial charge in [0.2, 0.25) is 0 Å². The lowest BCUT2D eigenvalue weighted by molar-refractivity contribution is -0.385. The van der Waals surface area contributed by atoms with Crippen LogP contribution in [0.1, 0.15) is 38.1 Å². The van der Waals surface area contributed by atoms with Gasteiger partial charge in [0.15, 0.2) is 0 Å². The molecule has 0 aliphatic rings. The smallest absolute Gasteiger partial charge is 0.282 e. The van der Waals surface area contributed by atoms with Gasteiger partial charge in [-0.1, -0.05) is 20.8 Å². The van der Waals surface area contributed by atoms with Crippen molar-refractivity contribution in [1.82, 2.24) is 4.90 Å². The second-order valence-corrected chi connectivity index (χ2v) is 6.20. The maximum absolute atomic E-state index is 12.6. The number of nitro groups is 1. The van der Waals surface area contributed by atoms with Crippen LogP contribution >= 0.6 is 0 Å². The molecular weight excluding hydrogens is 270 g/mol. The molecule has 0 heterocycles. The summed E-state index contributed by atoms with van der Waals surface area (Å²) in [5, 5.41) is 14.0. The normalized spacial score (nSPS) is 12.7. The van der Waals surface area contributed by atoms with Crippen LogP contribution in [-0.2, 0) is 0 Å². The number of carbonyl (C=O) groups is 1. The number of amides is 1. The number of rotatable bonds is 4. The third-order valence-corrected chi connectivity index (χ3v) is 3.87. The van der Waals surface area contributed by atoms with Gasteiger partial charge in [0.1, 0.15) is 5.56 Å². The van der Waals surface area contributed by atoms with Crippen LogP contribution < -0.4 is 5.32 Å². The topological polar surface area (TPSA) is 75.5 Å². The molecule has 1 atom stereocenters. The fourth-order valence-electron chi connectivity index (χ4n) is 1.97. The Balaban J connectivity index is 3.25. The Kier molecular flexibility index (Phi) is 4.93. The van der Waals surface area contributed by atoms with E-state index in [1.165, 1.54) is 12.1 Å². The second kappa shape index (κ2) is 6.11. The molecule has 6 heteroatoms. The van der Waals surface area contributed by atoms with Crippen LogP contribution in [0.3, 0.4) is 0 Å². The molecule has 1 unspecified atom stereocenters. The van der Waals surface area contributed by atoms with Gasteiger partial charge in [-0.2, -0.15) is 0 Å². The van der Waals surface area contributed by atoms with Gasteiger partial charge in [-0.15, -0.1) is 0 Å². The number of hydrogen-bond donors (Lipinski definition) is 1. The van der Waals surface area contributed by atoms with Crippen molar-refractivity contribution in [3.05, 3.63) is 33.9 Å². The van der Waals surface area contributed by atoms with E-state index in [0.717, 1.165) is 0 Å². The van der Waals surface area contributed by atoms with E-state index in [-0.39, 0.29) is 28.6 Å². The molecule has 1 aromatic carbocycles. The Morgan fingerprint density at radius 1 is 1.38 bits per heavy atom. The second-order valence-electron chi connectivity index (χ2n) is 6.20. The molecule has 1 rings (SSSR count). The lowest BCUT2D eigenvalue weighted by atomic mass is 9.87. The van der Waals surface area contributed by atoms with Gasteiger partial charge in [-0.05, 0) is 24.5 Å². The van der Waals surface area contributed by atoms with Crippen molar-refractivity contribution in [1.29, 1.82) is 0 Å². The molecule has 6 nitrogen and oxygen atoms in total. The maximum Gasteiger partial charge on any atom is 0.282 e. The molecule has 0 aromatic heterocycles. The van der Waals surface area contributed by atoms with Gasteiger partial charge in [0, 0.05) is 31.9 Å². The summed E-state index contributed by atoms with van der Waals surface area (Å²) in [4.78, 5) is 24.8. The summed E-state index contributed by atoms with van der Waals surface area (Å²) in [6.45, 7) is 8.02. The molecule has 1 N–H and O–H groups in total. The number of hydrogen-bond acceptors (Lipinski definition) is 4. The first-order chi connectivity index (χ1) is 9.59. The Labute approximate surface area is 125 Å². The minimum Gasteiger partial charge on any atom is -0.388 e. The molecule has 1 amide bonds. The van der Waals surface area contributed by atoms with Crippen molar-refractivity contribution in [2.24, 2.45) is 5.41 Å². The van der Waals surface area contributed by atoms with E-state index in [1.54, 1.807) is 25.1 Å². The minimum absolute atomic E-state index is 0.0529. The van der Waals surface area contributed by atoms with Gasteiger partial charge in [0.25, 0.3) is 11.6 Å². The summed E-state index contributed by atoms with van der Waals surface area (Å²) in [7, 11) is 3.38. The lowest BCUT2D eigenvalue weighted by Crippen LogP contribution is -2.43. The predicted octanol–water partition coefficient (Wildman–Crippen LogP) is 3.14. The lowest BCUT2D eigenvalue weighted by Gasteiger charge is -2.35. The zero-order valence-electron chi connectivity index (χ0n) is 13.4. The van der Waals surface area contributed by atoms with Crippen LogP contribution in [0.2, 0.25) is 0 Å². The number of nitrogens with zero attached hydrogens (tertiary/aromatic N) is 2. The van der Waals surface area contributed by atoms with Gasteiger partial charge >= 0.3 is 0 Å². The number of benzene rings is 1. The quantitative estimate of drug-likeness (QED) is 0.683. The summed E-state index contributed by atoms with van der Waals surface area (Å²) in [5.41, 5.74) is 0.484. The summed E-state index contributed by atoms with van der Waals surface area (Å²) < 4.78 is 0. The molecule has 0 saturated carbocycles. The molecule has 0 radical (unpaired) electrons. The van der Waals surface area contributed by atoms with E-state index >= 15 is 0 Å². The fourth-order valence-corrected chi connectivity index (χ4v) is 1.97. The van der Waals surface area contributed by atoms with E-state index in [4.69, 9.17) is 0 Å². The Morgan fingerprint density at radius 3 is 2.38 bits per heavy atom. The van der Waals surface area contributed by atoms with Gasteiger partial charge < -0.3 is 10.2 Å². The molecule has 0 aliphatic carbocycles. The molecule has 0 saturated heterocycles. The van der Waals surface area contributed by atoms with Crippen molar-refractivity contribution in [2.75, 3.05) is 19.4 Å². The summed E-state index contributed by atoms with van der Waals surface area (Å²) in [5.74, 6) is -0.346. The zero-order valence-corrected chi connectivity index (χ0v) is 13.4. The monoisotopic (exact) mass is 293 g/mol. The first-order valence-corrected chi connectivity index (χ1v) is 6.83. The Hall–Kier alpha value is -2.11. The van der Waals surface area contributed by atoms with Crippen molar-refractivity contribution in [2.45, 2.75) is 33.7 Å². The number of anilines is 1. The van der Waals surface area contributed by atoms with E-state index in [2.05, 4.69) is 5.32 Å². The molecule has 0 spiro atoms. The first kappa shape index (κ1) is 16.9. The van der Waals surface area contributed by atoms with Crippen LogP contribution in [0.25, 0.3) is 0 Å². The summed E-state index contributed by atoms with van der Waals surface area (Å²) in [6.07, 6.45) is 0. The Bertz CT molecular complexity index is 550. The summed E-state index contributed by atoms with van der Waals surface area (Å²) >= 11 is 0. The number of carbonyl (C=O) groups excluding carboxylic acids is 1. The van der Waals surface area contributed by atoms with E-state index in [1.807, 2.05) is 27.7 Å². The predicted molar refractivity (Wildman–Crippen MR) is 83.7 cm³/mol. The van der Waals surface area contributed by atoms with Crippen LogP contribution in [0, 0.1) is 15.5 Å². The van der Waals surface area contributed by atoms with Gasteiger partial charge in [-0.25, -0.2) is 0 Å². The number of nitro benzene ring substituents is 1. The van der Waals surface area contributed by atoms with Gasteiger partial charge in [0.05, 0.1) is 4.92 Å². The van der Waals surface area contributed by atoms with Crippen LogP contribution in [0.5, 0.6) is 0 Å². The highest BCUT2D eigenvalue weighted by atomic mass is 16.6. The molecular formula is C15H23N3O3. The van der Waals surface area contributed by atoms with Crippen molar-refractivity contribution in [3.63, 3.8) is 0 Å². The highest BCUT2D eigenvalue weighted by molar-refractivity contribution is 5.99. The molecule has 21 heavy (non-hydrogen) atoms. The molecule has 0 bridgehead atoms. The summed E-state index contributed by atoms with van der Waals surface area (Å²) in [6, 6.07) is 4.41. The third-order valence-electron chi connectivity index (χ3n) is 3.87. The Morgan fingerprint density at radius 2 is 1.95 bits per heavy atom. The maximum atomic E-state index is 12.6. The van der Waals surface area contributed by atoms with E-state index in [0.29, 0.717) is 5.69 Å². The first-order valence-electron chi connectivity index (χ1n) is 6.83. The largest absolute Gasteiger partial charge is 0.388 e. The van der Waals surface area contributed by atoms with E-state index < -0.39 is 4.92 Å². The highest BCUT2D eigenvalue weighted by Crippen LogP contribution is 2.28. The highest BCUT2D eigenvalue weighted by Gasteiger charge is 2.31. The SMILES string of the molecule is CNc1ccc([N+](=O)[O-])c(C(=O)N(C)C(C)C(C)(C)C)c1. The number of nitrogens with one attached hydrogen (secondary N) is 1. The van der Waals surface area contributed by atoms with Crippen LogP contribution in [0.4, 0.5) is 11.4 Å². The molecule has 0 fully saturated rings. The minimum atomic E-state index is -0.526. The molecule has 116 valence electrons. The van der Waals surface area contributed by atoms with Crippen molar-refractivity contribution < 1.29 is 9.72 Å². The third kappa shape index (κ3) is 3.71. The van der Waals surface area contributed by atoms with Crippen LogP contribution in [0.15, 0.2) is 18.2 Å². The molecule has 1 aromatic rings. The zero-order chi connectivity index (χ0) is 16.4. The van der Waals surface area contributed by atoms with E-state index in [9.17, 15) is 14.9 Å². The molecule has 0 aliphatic heterocycles. The van der Waals surface area contributed by atoms with Crippen LogP contribution in [-0.4, -0.2) is 35.9 Å². The van der Waals surface area contributed by atoms with Gasteiger partial charge in [-0.3, -0.25) is 14.9 Å². The average Bonchev–Trinajstić information content (AvgIpc) is 2.42. The van der Waals surface area contributed by atoms with Crippen molar-refractivity contribution >= 4 is 17.3 Å². The fraction of sp³-hybridized carbons (Fsp3) is 0.533. The average molecular weight is 293 g/mol. The van der Waals surface area contributed by atoms with Crippen molar-refractivity contribution in [3.8, 4) is 0 Å². The standard InChI is InChI=1S/C15H23N3O3/c1-10(15(2,3)4)17(6)14(19)12-9-11(16-5)7-8-13(12)18(20)21/h7-10,16H,1-6H3.